The predicted octanol–water partition coefficient (Wildman–Crippen LogP) is 1.92. The fraction of sp³-hybridized carbons (Fsp3) is 0.300. The lowest BCUT2D eigenvalue weighted by Crippen LogP contribution is -2.18. The predicted molar refractivity (Wildman–Crippen MR) is 46.5 cm³/mol. The van der Waals surface area contributed by atoms with E-state index in [0.29, 0.717) is 18.4 Å². The zero-order valence-corrected chi connectivity index (χ0v) is 7.39. The summed E-state index contributed by atoms with van der Waals surface area (Å²) in [4.78, 5) is 10.9. The Hall–Kier alpha value is -1.45. The summed E-state index contributed by atoms with van der Waals surface area (Å²) >= 11 is 0. The molecule has 1 N–H and O–H groups in total. The minimum atomic E-state index is -0.610. The smallest absolute Gasteiger partial charge is 0.220 e. The molecule has 74 valence electrons. The molecule has 1 amide bonds. The molecule has 0 spiro atoms. The second-order valence-corrected chi connectivity index (χ2v) is 3.36. The number of benzene rings is 1. The van der Waals surface area contributed by atoms with Gasteiger partial charge in [0.2, 0.25) is 5.91 Å². The zero-order chi connectivity index (χ0) is 10.1. The first-order valence-corrected chi connectivity index (χ1v) is 4.40. The summed E-state index contributed by atoms with van der Waals surface area (Å²) in [7, 11) is 0. The molecular formula is C10H9F2NO. The van der Waals surface area contributed by atoms with Gasteiger partial charge in [0, 0.05) is 12.5 Å². The molecule has 1 aromatic carbocycles. The van der Waals surface area contributed by atoms with Crippen LogP contribution >= 0.6 is 0 Å². The molecule has 1 aliphatic rings. The maximum absolute atomic E-state index is 12.8. The van der Waals surface area contributed by atoms with Crippen LogP contribution in [0.1, 0.15) is 24.4 Å². The van der Waals surface area contributed by atoms with Crippen LogP contribution in [0.4, 0.5) is 8.78 Å². The van der Waals surface area contributed by atoms with E-state index >= 15 is 0 Å². The molecule has 2 nitrogen and oxygen atoms in total. The highest BCUT2D eigenvalue weighted by molar-refractivity contribution is 5.78. The third-order valence-corrected chi connectivity index (χ3v) is 2.28. The molecule has 1 saturated heterocycles. The van der Waals surface area contributed by atoms with Crippen molar-refractivity contribution in [1.29, 1.82) is 0 Å². The summed E-state index contributed by atoms with van der Waals surface area (Å²) in [5.41, 5.74) is 0.494. The molecule has 0 bridgehead atoms. The lowest BCUT2D eigenvalue weighted by atomic mass is 10.1. The minimum Gasteiger partial charge on any atom is -0.349 e. The van der Waals surface area contributed by atoms with Crippen molar-refractivity contribution in [2.75, 3.05) is 0 Å². The molecule has 14 heavy (non-hydrogen) atoms. The molecule has 0 aliphatic carbocycles. The molecule has 0 unspecified atom stereocenters. The fourth-order valence-electron chi connectivity index (χ4n) is 1.64. The highest BCUT2D eigenvalue weighted by Crippen LogP contribution is 2.24. The van der Waals surface area contributed by atoms with E-state index < -0.39 is 11.6 Å². The fourth-order valence-corrected chi connectivity index (χ4v) is 1.64. The van der Waals surface area contributed by atoms with Crippen molar-refractivity contribution in [2.45, 2.75) is 18.9 Å². The average molecular weight is 197 g/mol. The van der Waals surface area contributed by atoms with Crippen LogP contribution in [-0.2, 0) is 4.79 Å². The van der Waals surface area contributed by atoms with Crippen LogP contribution < -0.4 is 5.32 Å². The van der Waals surface area contributed by atoms with Gasteiger partial charge in [-0.3, -0.25) is 4.79 Å². The van der Waals surface area contributed by atoms with Crippen LogP contribution in [-0.4, -0.2) is 5.91 Å². The number of carbonyl (C=O) groups is 1. The molecule has 2 rings (SSSR count). The van der Waals surface area contributed by atoms with Crippen molar-refractivity contribution < 1.29 is 13.6 Å². The summed E-state index contributed by atoms with van der Waals surface area (Å²) < 4.78 is 25.7. The normalized spacial score (nSPS) is 21.0. The Balaban J connectivity index is 2.27. The summed E-state index contributed by atoms with van der Waals surface area (Å²) in [6.07, 6.45) is 1.02. The Labute approximate surface area is 79.9 Å². The summed E-state index contributed by atoms with van der Waals surface area (Å²) in [6.45, 7) is 0. The van der Waals surface area contributed by atoms with Gasteiger partial charge in [-0.1, -0.05) is 0 Å². The standard InChI is InChI=1S/C10H9F2NO/c11-7-3-6(4-8(12)5-7)9-1-2-10(14)13-9/h3-5,9H,1-2H2,(H,13,14)/t9-/m1/s1. The quantitative estimate of drug-likeness (QED) is 0.732. The molecule has 1 atom stereocenters. The van der Waals surface area contributed by atoms with Gasteiger partial charge in [-0.05, 0) is 24.1 Å². The molecule has 1 aromatic rings. The van der Waals surface area contributed by atoms with E-state index in [1.54, 1.807) is 0 Å². The Morgan fingerprint density at radius 1 is 1.21 bits per heavy atom. The van der Waals surface area contributed by atoms with E-state index in [1.807, 2.05) is 0 Å². The third-order valence-electron chi connectivity index (χ3n) is 2.28. The molecule has 0 radical (unpaired) electrons. The number of hydrogen-bond donors (Lipinski definition) is 1. The Kier molecular flexibility index (Phi) is 2.19. The van der Waals surface area contributed by atoms with E-state index in [4.69, 9.17) is 0 Å². The first kappa shape index (κ1) is 9.12. The molecule has 0 saturated carbocycles. The first-order chi connectivity index (χ1) is 6.65. The number of rotatable bonds is 1. The van der Waals surface area contributed by atoms with Crippen LogP contribution in [0.15, 0.2) is 18.2 Å². The second-order valence-electron chi connectivity index (χ2n) is 3.36. The van der Waals surface area contributed by atoms with Crippen molar-refractivity contribution in [3.05, 3.63) is 35.4 Å². The van der Waals surface area contributed by atoms with Crippen LogP contribution in [0.2, 0.25) is 0 Å². The van der Waals surface area contributed by atoms with Gasteiger partial charge in [-0.15, -0.1) is 0 Å². The van der Waals surface area contributed by atoms with Gasteiger partial charge >= 0.3 is 0 Å². The van der Waals surface area contributed by atoms with E-state index in [2.05, 4.69) is 5.32 Å². The highest BCUT2D eigenvalue weighted by Gasteiger charge is 2.22. The number of amides is 1. The highest BCUT2D eigenvalue weighted by atomic mass is 19.1. The van der Waals surface area contributed by atoms with Crippen molar-refractivity contribution in [3.63, 3.8) is 0 Å². The van der Waals surface area contributed by atoms with E-state index in [9.17, 15) is 13.6 Å². The summed E-state index contributed by atoms with van der Waals surface area (Å²) in [5, 5.41) is 2.65. The van der Waals surface area contributed by atoms with Gasteiger partial charge in [-0.25, -0.2) is 8.78 Å². The Morgan fingerprint density at radius 2 is 1.86 bits per heavy atom. The largest absolute Gasteiger partial charge is 0.349 e. The van der Waals surface area contributed by atoms with E-state index in [1.165, 1.54) is 12.1 Å². The van der Waals surface area contributed by atoms with Gasteiger partial charge < -0.3 is 5.32 Å². The molecule has 4 heteroatoms. The Morgan fingerprint density at radius 3 is 2.36 bits per heavy atom. The van der Waals surface area contributed by atoms with Crippen LogP contribution in [0, 0.1) is 11.6 Å². The van der Waals surface area contributed by atoms with Crippen molar-refractivity contribution >= 4 is 5.91 Å². The number of nitrogens with one attached hydrogen (secondary N) is 1. The SMILES string of the molecule is O=C1CC[C@H](c2cc(F)cc(F)c2)N1. The summed E-state index contributed by atoms with van der Waals surface area (Å²) in [5.74, 6) is -1.29. The second kappa shape index (κ2) is 3.36. The number of halogens is 2. The van der Waals surface area contributed by atoms with Crippen LogP contribution in [0.5, 0.6) is 0 Å². The van der Waals surface area contributed by atoms with Crippen molar-refractivity contribution in [1.82, 2.24) is 5.32 Å². The van der Waals surface area contributed by atoms with Gasteiger partial charge in [0.05, 0.1) is 6.04 Å². The van der Waals surface area contributed by atoms with E-state index in [0.717, 1.165) is 6.07 Å². The van der Waals surface area contributed by atoms with Crippen molar-refractivity contribution in [3.8, 4) is 0 Å². The van der Waals surface area contributed by atoms with Gasteiger partial charge in [0.25, 0.3) is 0 Å². The average Bonchev–Trinajstić information content (AvgIpc) is 2.50. The molecular weight excluding hydrogens is 188 g/mol. The van der Waals surface area contributed by atoms with E-state index in [-0.39, 0.29) is 11.9 Å². The Bertz CT molecular complexity index is 358. The van der Waals surface area contributed by atoms with Crippen LogP contribution in [0.25, 0.3) is 0 Å². The zero-order valence-electron chi connectivity index (χ0n) is 7.39. The topological polar surface area (TPSA) is 29.1 Å². The van der Waals surface area contributed by atoms with Gasteiger partial charge in [0.15, 0.2) is 0 Å². The minimum absolute atomic E-state index is 0.0698. The van der Waals surface area contributed by atoms with Gasteiger partial charge in [-0.2, -0.15) is 0 Å². The maximum Gasteiger partial charge on any atom is 0.220 e. The molecule has 1 fully saturated rings. The molecule has 1 heterocycles. The molecule has 0 aromatic heterocycles. The maximum atomic E-state index is 12.8. The molecule has 1 aliphatic heterocycles. The van der Waals surface area contributed by atoms with Gasteiger partial charge in [0.1, 0.15) is 11.6 Å². The lowest BCUT2D eigenvalue weighted by molar-refractivity contribution is -0.119. The monoisotopic (exact) mass is 197 g/mol. The number of carbonyl (C=O) groups excluding carboxylic acids is 1. The first-order valence-electron chi connectivity index (χ1n) is 4.40. The third kappa shape index (κ3) is 1.73. The lowest BCUT2D eigenvalue weighted by Gasteiger charge is -2.10. The number of hydrogen-bond acceptors (Lipinski definition) is 1. The van der Waals surface area contributed by atoms with Crippen LogP contribution in [0.3, 0.4) is 0 Å². The summed E-state index contributed by atoms with van der Waals surface area (Å²) in [6, 6.07) is 3.08. The van der Waals surface area contributed by atoms with Crippen molar-refractivity contribution in [2.24, 2.45) is 0 Å².